The van der Waals surface area contributed by atoms with Crippen LogP contribution >= 0.6 is 34.5 Å². The van der Waals surface area contributed by atoms with Crippen LogP contribution in [0.2, 0.25) is 4.34 Å². The molecule has 2 rings (SSSR count). The highest BCUT2D eigenvalue weighted by molar-refractivity contribution is 7.91. The predicted octanol–water partition coefficient (Wildman–Crippen LogP) is 3.83. The van der Waals surface area contributed by atoms with E-state index in [-0.39, 0.29) is 10.1 Å². The molecule has 7 heteroatoms. The molecule has 0 spiro atoms. The van der Waals surface area contributed by atoms with Crippen molar-refractivity contribution in [2.75, 3.05) is 5.88 Å². The minimum Gasteiger partial charge on any atom is -0.206 e. The fraction of sp³-hybridized carbons (Fsp3) is 0.231. The predicted molar refractivity (Wildman–Crippen MR) is 84.2 cm³/mol. The Hall–Kier alpha value is -0.590. The molecule has 1 heterocycles. The van der Waals surface area contributed by atoms with Crippen LogP contribution in [0.3, 0.4) is 0 Å². The maximum atomic E-state index is 12.4. The highest BCUT2D eigenvalue weighted by Crippen LogP contribution is 2.29. The van der Waals surface area contributed by atoms with Gasteiger partial charge in [-0.2, -0.15) is 4.72 Å². The van der Waals surface area contributed by atoms with Gasteiger partial charge >= 0.3 is 0 Å². The van der Waals surface area contributed by atoms with Crippen molar-refractivity contribution in [3.8, 4) is 0 Å². The van der Waals surface area contributed by atoms with E-state index in [1.165, 1.54) is 6.07 Å². The van der Waals surface area contributed by atoms with Gasteiger partial charge in [-0.1, -0.05) is 41.9 Å². The number of halogens is 2. The highest BCUT2D eigenvalue weighted by Gasteiger charge is 2.32. The van der Waals surface area contributed by atoms with Crippen molar-refractivity contribution in [1.82, 2.24) is 4.72 Å². The first-order valence-electron chi connectivity index (χ1n) is 5.78. The molecule has 0 radical (unpaired) electrons. The van der Waals surface area contributed by atoms with Gasteiger partial charge in [0.15, 0.2) is 0 Å². The average molecular weight is 350 g/mol. The van der Waals surface area contributed by atoms with Crippen LogP contribution in [0, 0.1) is 0 Å². The topological polar surface area (TPSA) is 46.2 Å². The van der Waals surface area contributed by atoms with Crippen molar-refractivity contribution in [1.29, 1.82) is 0 Å². The lowest BCUT2D eigenvalue weighted by atomic mass is 9.96. The van der Waals surface area contributed by atoms with Crippen molar-refractivity contribution in [3.63, 3.8) is 0 Å². The van der Waals surface area contributed by atoms with Crippen molar-refractivity contribution >= 4 is 44.6 Å². The molecule has 0 amide bonds. The van der Waals surface area contributed by atoms with E-state index in [0.717, 1.165) is 16.9 Å². The van der Waals surface area contributed by atoms with Gasteiger partial charge in [-0.05, 0) is 24.6 Å². The summed E-state index contributed by atoms with van der Waals surface area (Å²) in [6, 6.07) is 12.3. The Morgan fingerprint density at radius 1 is 1.20 bits per heavy atom. The maximum absolute atomic E-state index is 12.4. The second kappa shape index (κ2) is 6.03. The van der Waals surface area contributed by atoms with Gasteiger partial charge in [0.2, 0.25) is 0 Å². The standard InChI is InChI=1S/C13H13Cl2NO2S2/c1-13(9-14,10-5-3-2-4-6-10)16-20(17,18)12-8-7-11(15)19-12/h2-8,16H,9H2,1H3. The summed E-state index contributed by atoms with van der Waals surface area (Å²) in [5, 5.41) is 0. The number of benzene rings is 1. The molecule has 0 fully saturated rings. The summed E-state index contributed by atoms with van der Waals surface area (Å²) in [5.74, 6) is 0.120. The summed E-state index contributed by atoms with van der Waals surface area (Å²) in [4.78, 5) is 0. The molecule has 0 saturated carbocycles. The Labute approximate surface area is 132 Å². The third-order valence-corrected chi connectivity index (χ3v) is 6.70. The normalized spacial score (nSPS) is 14.9. The minimum atomic E-state index is -3.66. The second-order valence-electron chi connectivity index (χ2n) is 4.50. The summed E-state index contributed by atoms with van der Waals surface area (Å²) in [6.07, 6.45) is 0. The summed E-state index contributed by atoms with van der Waals surface area (Å²) < 4.78 is 28.0. The van der Waals surface area contributed by atoms with Crippen LogP contribution in [-0.4, -0.2) is 14.3 Å². The van der Waals surface area contributed by atoms with Crippen LogP contribution in [0.4, 0.5) is 0 Å². The van der Waals surface area contributed by atoms with Crippen LogP contribution in [0.15, 0.2) is 46.7 Å². The third kappa shape index (κ3) is 3.35. The third-order valence-electron chi connectivity index (χ3n) is 2.85. The van der Waals surface area contributed by atoms with Crippen molar-refractivity contribution in [2.45, 2.75) is 16.7 Å². The number of hydrogen-bond acceptors (Lipinski definition) is 3. The summed E-state index contributed by atoms with van der Waals surface area (Å²) in [5.41, 5.74) is -0.0702. The zero-order valence-corrected chi connectivity index (χ0v) is 13.8. The Kier molecular flexibility index (Phi) is 4.76. The second-order valence-corrected chi connectivity index (χ2v) is 8.39. The molecule has 1 aromatic heterocycles. The first-order valence-corrected chi connectivity index (χ1v) is 8.99. The van der Waals surface area contributed by atoms with Crippen LogP contribution in [0.5, 0.6) is 0 Å². The van der Waals surface area contributed by atoms with Crippen molar-refractivity contribution in [2.24, 2.45) is 0 Å². The number of alkyl halides is 1. The molecule has 1 unspecified atom stereocenters. The summed E-state index contributed by atoms with van der Waals surface area (Å²) in [7, 11) is -3.66. The van der Waals surface area contributed by atoms with Crippen molar-refractivity contribution < 1.29 is 8.42 Å². The lowest BCUT2D eigenvalue weighted by molar-refractivity contribution is 0.478. The van der Waals surface area contributed by atoms with Gasteiger partial charge in [0.05, 0.1) is 9.88 Å². The molecule has 1 N–H and O–H groups in total. The molecule has 0 aliphatic heterocycles. The first-order chi connectivity index (χ1) is 9.37. The fourth-order valence-corrected chi connectivity index (χ4v) is 4.94. The van der Waals surface area contributed by atoms with E-state index >= 15 is 0 Å². The summed E-state index contributed by atoms with van der Waals surface area (Å²) in [6.45, 7) is 1.75. The van der Waals surface area contributed by atoms with Crippen LogP contribution < -0.4 is 4.72 Å². The largest absolute Gasteiger partial charge is 0.250 e. The van der Waals surface area contributed by atoms with Gasteiger partial charge in [0.25, 0.3) is 10.0 Å². The number of nitrogens with one attached hydrogen (secondary N) is 1. The average Bonchev–Trinajstić information content (AvgIpc) is 2.87. The van der Waals surface area contributed by atoms with Gasteiger partial charge in [0.1, 0.15) is 4.21 Å². The van der Waals surface area contributed by atoms with Crippen molar-refractivity contribution in [3.05, 3.63) is 52.4 Å². The Morgan fingerprint density at radius 2 is 1.85 bits per heavy atom. The van der Waals surface area contributed by atoms with E-state index in [4.69, 9.17) is 23.2 Å². The van der Waals surface area contributed by atoms with E-state index in [2.05, 4.69) is 4.72 Å². The monoisotopic (exact) mass is 349 g/mol. The number of thiophene rings is 1. The maximum Gasteiger partial charge on any atom is 0.250 e. The highest BCUT2D eigenvalue weighted by atomic mass is 35.5. The lowest BCUT2D eigenvalue weighted by Crippen LogP contribution is -2.44. The molecule has 0 aliphatic rings. The molecule has 108 valence electrons. The van der Waals surface area contributed by atoms with E-state index in [0.29, 0.717) is 4.34 Å². The van der Waals surface area contributed by atoms with Crippen LogP contribution in [-0.2, 0) is 15.6 Å². The number of sulfonamides is 1. The molecule has 20 heavy (non-hydrogen) atoms. The Bertz CT molecular complexity index is 685. The molecular formula is C13H13Cl2NO2S2. The fourth-order valence-electron chi connectivity index (χ4n) is 1.76. The molecule has 3 nitrogen and oxygen atoms in total. The van der Waals surface area contributed by atoms with Gasteiger partial charge in [-0.3, -0.25) is 0 Å². The molecule has 2 aromatic rings. The molecule has 1 aromatic carbocycles. The molecule has 0 bridgehead atoms. The van der Waals surface area contributed by atoms with Gasteiger partial charge < -0.3 is 0 Å². The number of hydrogen-bond donors (Lipinski definition) is 1. The zero-order chi connectivity index (χ0) is 14.8. The minimum absolute atomic E-state index is 0.120. The molecule has 0 saturated heterocycles. The molecule has 1 atom stereocenters. The molecular weight excluding hydrogens is 337 g/mol. The lowest BCUT2D eigenvalue weighted by Gasteiger charge is -2.28. The first kappa shape index (κ1) is 15.8. The number of rotatable bonds is 5. The van der Waals surface area contributed by atoms with E-state index in [9.17, 15) is 8.42 Å². The van der Waals surface area contributed by atoms with E-state index < -0.39 is 15.6 Å². The van der Waals surface area contributed by atoms with Gasteiger partial charge in [-0.15, -0.1) is 22.9 Å². The van der Waals surface area contributed by atoms with Gasteiger partial charge in [0, 0.05) is 5.88 Å². The Balaban J connectivity index is 2.35. The van der Waals surface area contributed by atoms with Crippen LogP contribution in [0.25, 0.3) is 0 Å². The SMILES string of the molecule is CC(CCl)(NS(=O)(=O)c1ccc(Cl)s1)c1ccccc1. The van der Waals surface area contributed by atoms with E-state index in [1.54, 1.807) is 13.0 Å². The van der Waals surface area contributed by atoms with Gasteiger partial charge in [-0.25, -0.2) is 8.42 Å². The van der Waals surface area contributed by atoms with Crippen LogP contribution in [0.1, 0.15) is 12.5 Å². The molecule has 0 aliphatic carbocycles. The Morgan fingerprint density at radius 3 is 2.35 bits per heavy atom. The quantitative estimate of drug-likeness (QED) is 0.833. The zero-order valence-electron chi connectivity index (χ0n) is 10.6. The summed E-state index contributed by atoms with van der Waals surface area (Å²) >= 11 is 12.8. The smallest absolute Gasteiger partial charge is 0.206 e. The van der Waals surface area contributed by atoms with E-state index in [1.807, 2.05) is 30.3 Å².